The molecular weight excluding hydrogens is 566 g/mol. The number of carbonyl (C=O) groups excluding carboxylic acids is 3. The van der Waals surface area contributed by atoms with Crippen LogP contribution in [0.4, 0.5) is 11.4 Å². The van der Waals surface area contributed by atoms with Crippen LogP contribution in [0.1, 0.15) is 22.8 Å². The number of aromatic hydroxyl groups is 1. The van der Waals surface area contributed by atoms with Gasteiger partial charge in [0, 0.05) is 33.5 Å². The molecule has 43 heavy (non-hydrogen) atoms. The first kappa shape index (κ1) is 30.7. The zero-order valence-electron chi connectivity index (χ0n) is 23.6. The van der Waals surface area contributed by atoms with Crippen molar-refractivity contribution < 1.29 is 29.0 Å². The molecule has 9 nitrogen and oxygen atoms in total. The molecule has 0 spiro atoms. The highest BCUT2D eigenvalue weighted by atomic mass is 32.2. The SMILES string of the molecule is CCOc1ccc(NC(=O)CSc2cccc(NC(=O)/C(=C\c3ccc(O)cc3OC)NC(=O)c3ccccc3)c2)cc1. The number of methoxy groups -OCH3 is 1. The molecule has 0 bridgehead atoms. The maximum absolute atomic E-state index is 13.4. The predicted octanol–water partition coefficient (Wildman–Crippen LogP) is 5.94. The second kappa shape index (κ2) is 15.1. The third kappa shape index (κ3) is 9.14. The molecule has 4 aromatic carbocycles. The van der Waals surface area contributed by atoms with Gasteiger partial charge in [-0.3, -0.25) is 14.4 Å². The van der Waals surface area contributed by atoms with Crippen LogP contribution in [-0.2, 0) is 9.59 Å². The molecule has 0 saturated carbocycles. The Balaban J connectivity index is 1.46. The molecule has 4 N–H and O–H groups in total. The van der Waals surface area contributed by atoms with Crippen molar-refractivity contribution in [2.24, 2.45) is 0 Å². The summed E-state index contributed by atoms with van der Waals surface area (Å²) in [7, 11) is 1.44. The lowest BCUT2D eigenvalue weighted by molar-refractivity contribution is -0.114. The van der Waals surface area contributed by atoms with E-state index in [-0.39, 0.29) is 23.1 Å². The van der Waals surface area contributed by atoms with Crippen LogP contribution in [-0.4, -0.2) is 42.3 Å². The van der Waals surface area contributed by atoms with Crippen LogP contribution in [0.25, 0.3) is 6.08 Å². The number of carbonyl (C=O) groups is 3. The Morgan fingerprint density at radius 2 is 1.63 bits per heavy atom. The van der Waals surface area contributed by atoms with Gasteiger partial charge in [-0.25, -0.2) is 0 Å². The zero-order chi connectivity index (χ0) is 30.6. The van der Waals surface area contributed by atoms with Gasteiger partial charge < -0.3 is 30.5 Å². The van der Waals surface area contributed by atoms with E-state index in [0.717, 1.165) is 10.6 Å². The van der Waals surface area contributed by atoms with Gasteiger partial charge in [-0.05, 0) is 79.7 Å². The van der Waals surface area contributed by atoms with Gasteiger partial charge in [0.05, 0.1) is 19.5 Å². The molecule has 3 amide bonds. The van der Waals surface area contributed by atoms with Crippen LogP contribution in [0, 0.1) is 0 Å². The molecule has 0 aliphatic carbocycles. The number of rotatable bonds is 12. The highest BCUT2D eigenvalue weighted by Crippen LogP contribution is 2.27. The Morgan fingerprint density at radius 3 is 2.35 bits per heavy atom. The summed E-state index contributed by atoms with van der Waals surface area (Å²) in [5.74, 6) is -0.0213. The van der Waals surface area contributed by atoms with E-state index < -0.39 is 11.8 Å². The summed E-state index contributed by atoms with van der Waals surface area (Å²) in [6.45, 7) is 2.47. The van der Waals surface area contributed by atoms with Crippen molar-refractivity contribution in [1.29, 1.82) is 0 Å². The van der Waals surface area contributed by atoms with E-state index >= 15 is 0 Å². The summed E-state index contributed by atoms with van der Waals surface area (Å²) in [6, 6.07) is 27.1. The van der Waals surface area contributed by atoms with Crippen LogP contribution in [0.2, 0.25) is 0 Å². The topological polar surface area (TPSA) is 126 Å². The van der Waals surface area contributed by atoms with Gasteiger partial charge in [0.2, 0.25) is 5.91 Å². The molecule has 0 aliphatic rings. The molecule has 220 valence electrons. The van der Waals surface area contributed by atoms with Gasteiger partial charge in [-0.2, -0.15) is 0 Å². The minimum atomic E-state index is -0.574. The first-order chi connectivity index (χ1) is 20.8. The Hall–Kier alpha value is -5.22. The predicted molar refractivity (Wildman–Crippen MR) is 169 cm³/mol. The average molecular weight is 598 g/mol. The van der Waals surface area contributed by atoms with Gasteiger partial charge in [0.25, 0.3) is 11.8 Å². The highest BCUT2D eigenvalue weighted by Gasteiger charge is 2.17. The molecule has 0 atom stereocenters. The van der Waals surface area contributed by atoms with Crippen LogP contribution >= 0.6 is 11.8 Å². The third-order valence-electron chi connectivity index (χ3n) is 5.96. The number of anilines is 2. The molecule has 0 saturated heterocycles. The first-order valence-electron chi connectivity index (χ1n) is 13.4. The molecule has 4 rings (SSSR count). The monoisotopic (exact) mass is 597 g/mol. The molecule has 0 aliphatic heterocycles. The van der Waals surface area contributed by atoms with Crippen molar-refractivity contribution in [1.82, 2.24) is 5.32 Å². The molecule has 0 heterocycles. The number of hydrogen-bond donors (Lipinski definition) is 4. The molecule has 0 fully saturated rings. The van der Waals surface area contributed by atoms with Gasteiger partial charge in [-0.1, -0.05) is 24.3 Å². The minimum absolute atomic E-state index is 0.00389. The Labute approximate surface area is 253 Å². The normalized spacial score (nSPS) is 10.9. The lowest BCUT2D eigenvalue weighted by Gasteiger charge is -2.13. The van der Waals surface area contributed by atoms with Crippen molar-refractivity contribution >= 4 is 46.9 Å². The van der Waals surface area contributed by atoms with Crippen LogP contribution in [0.3, 0.4) is 0 Å². The van der Waals surface area contributed by atoms with E-state index in [1.165, 1.54) is 37.1 Å². The number of phenolic OH excluding ortho intramolecular Hbond substituents is 1. The Bertz CT molecular complexity index is 1610. The van der Waals surface area contributed by atoms with Crippen molar-refractivity contribution in [3.05, 3.63) is 114 Å². The van der Waals surface area contributed by atoms with E-state index in [1.54, 1.807) is 78.9 Å². The fourth-order valence-corrected chi connectivity index (χ4v) is 4.68. The van der Waals surface area contributed by atoms with Gasteiger partial charge in [0.1, 0.15) is 22.9 Å². The Kier molecular flexibility index (Phi) is 10.8. The van der Waals surface area contributed by atoms with E-state index in [4.69, 9.17) is 9.47 Å². The number of nitrogens with one attached hydrogen (secondary N) is 3. The van der Waals surface area contributed by atoms with Crippen LogP contribution in [0.5, 0.6) is 17.2 Å². The molecule has 4 aromatic rings. The second-order valence-electron chi connectivity index (χ2n) is 9.08. The fourth-order valence-electron chi connectivity index (χ4n) is 3.93. The molecule has 0 aromatic heterocycles. The van der Waals surface area contributed by atoms with E-state index in [1.807, 2.05) is 13.0 Å². The standard InChI is InChI=1S/C33H31N3O6S/c1-3-42-27-16-13-24(14-17-27)34-31(38)21-43-28-11-7-10-25(19-28)35-33(40)29(36-32(39)22-8-5-4-6-9-22)18-23-12-15-26(37)20-30(23)41-2/h4-20,37H,3,21H2,1-2H3,(H,34,38)(H,35,40)(H,36,39)/b29-18+. The molecule has 0 radical (unpaired) electrons. The quantitative estimate of drug-likeness (QED) is 0.118. The maximum Gasteiger partial charge on any atom is 0.272 e. The second-order valence-corrected chi connectivity index (χ2v) is 10.1. The number of thioether (sulfide) groups is 1. The van der Waals surface area contributed by atoms with Crippen LogP contribution < -0.4 is 25.4 Å². The smallest absolute Gasteiger partial charge is 0.272 e. The number of ether oxygens (including phenoxy) is 2. The number of amides is 3. The summed E-state index contributed by atoms with van der Waals surface area (Å²) >= 11 is 1.31. The summed E-state index contributed by atoms with van der Waals surface area (Å²) in [6.07, 6.45) is 1.47. The molecular formula is C33H31N3O6S. The third-order valence-corrected chi connectivity index (χ3v) is 6.95. The molecule has 0 unspecified atom stereocenters. The average Bonchev–Trinajstić information content (AvgIpc) is 3.02. The number of phenols is 1. The first-order valence-corrected chi connectivity index (χ1v) is 14.3. The maximum atomic E-state index is 13.4. The van der Waals surface area contributed by atoms with Gasteiger partial charge >= 0.3 is 0 Å². The Morgan fingerprint density at radius 1 is 0.860 bits per heavy atom. The summed E-state index contributed by atoms with van der Waals surface area (Å²) in [5.41, 5.74) is 1.95. The summed E-state index contributed by atoms with van der Waals surface area (Å²) < 4.78 is 10.8. The van der Waals surface area contributed by atoms with E-state index in [9.17, 15) is 19.5 Å². The largest absolute Gasteiger partial charge is 0.508 e. The summed E-state index contributed by atoms with van der Waals surface area (Å²) in [4.78, 5) is 39.6. The number of hydrogen-bond acceptors (Lipinski definition) is 7. The van der Waals surface area contributed by atoms with E-state index in [0.29, 0.717) is 34.9 Å². The minimum Gasteiger partial charge on any atom is -0.508 e. The summed E-state index contributed by atoms with van der Waals surface area (Å²) in [5, 5.41) is 18.2. The lowest BCUT2D eigenvalue weighted by atomic mass is 10.1. The van der Waals surface area contributed by atoms with Gasteiger partial charge in [0.15, 0.2) is 0 Å². The van der Waals surface area contributed by atoms with Crippen molar-refractivity contribution in [3.63, 3.8) is 0 Å². The van der Waals surface area contributed by atoms with Crippen molar-refractivity contribution in [3.8, 4) is 17.2 Å². The van der Waals surface area contributed by atoms with Crippen LogP contribution in [0.15, 0.2) is 108 Å². The molecule has 10 heteroatoms. The fraction of sp³-hybridized carbons (Fsp3) is 0.121. The lowest BCUT2D eigenvalue weighted by Crippen LogP contribution is -2.30. The van der Waals surface area contributed by atoms with Crippen molar-refractivity contribution in [2.75, 3.05) is 30.1 Å². The van der Waals surface area contributed by atoms with Gasteiger partial charge in [-0.15, -0.1) is 11.8 Å². The number of benzene rings is 4. The zero-order valence-corrected chi connectivity index (χ0v) is 24.4. The highest BCUT2D eigenvalue weighted by molar-refractivity contribution is 8.00. The van der Waals surface area contributed by atoms with Crippen molar-refractivity contribution in [2.45, 2.75) is 11.8 Å². The van der Waals surface area contributed by atoms with E-state index in [2.05, 4.69) is 16.0 Å².